The van der Waals surface area contributed by atoms with Crippen molar-refractivity contribution in [3.63, 3.8) is 0 Å². The van der Waals surface area contributed by atoms with E-state index in [1.165, 1.54) is 0 Å². The van der Waals surface area contributed by atoms with Crippen molar-refractivity contribution in [1.82, 2.24) is 4.98 Å². The minimum atomic E-state index is -0.166. The lowest BCUT2D eigenvalue weighted by Crippen LogP contribution is -2.11. The molecule has 0 atom stereocenters. The normalized spacial score (nSPS) is 10.2. The van der Waals surface area contributed by atoms with Crippen LogP contribution in [0.3, 0.4) is 0 Å². The van der Waals surface area contributed by atoms with Crippen LogP contribution in [0.15, 0.2) is 73.1 Å². The van der Waals surface area contributed by atoms with Crippen molar-refractivity contribution in [2.24, 2.45) is 0 Å². The zero-order chi connectivity index (χ0) is 15.4. The van der Waals surface area contributed by atoms with Crippen molar-refractivity contribution in [3.8, 4) is 11.1 Å². The average molecular weight is 289 g/mol. The smallest absolute Gasteiger partial charge is 0.255 e. The van der Waals surface area contributed by atoms with Gasteiger partial charge in [0.25, 0.3) is 5.91 Å². The lowest BCUT2D eigenvalue weighted by Gasteiger charge is -2.09. The summed E-state index contributed by atoms with van der Waals surface area (Å²) >= 11 is 0. The molecule has 0 saturated heterocycles. The van der Waals surface area contributed by atoms with Gasteiger partial charge in [0.2, 0.25) is 0 Å². The summed E-state index contributed by atoms with van der Waals surface area (Å²) in [6, 6.07) is 18.6. The number of nitrogens with two attached hydrogens (primary N) is 1. The van der Waals surface area contributed by atoms with Gasteiger partial charge in [-0.25, -0.2) is 0 Å². The van der Waals surface area contributed by atoms with E-state index in [1.54, 1.807) is 24.5 Å². The van der Waals surface area contributed by atoms with E-state index >= 15 is 0 Å². The molecule has 1 amide bonds. The second-order valence-corrected chi connectivity index (χ2v) is 4.86. The third-order valence-electron chi connectivity index (χ3n) is 3.33. The number of carbonyl (C=O) groups excluding carboxylic acids is 1. The van der Waals surface area contributed by atoms with E-state index in [0.717, 1.165) is 16.8 Å². The van der Waals surface area contributed by atoms with Crippen LogP contribution >= 0.6 is 0 Å². The molecule has 2 aromatic carbocycles. The van der Waals surface area contributed by atoms with Crippen molar-refractivity contribution in [2.45, 2.75) is 0 Å². The lowest BCUT2D eigenvalue weighted by molar-refractivity contribution is 0.102. The van der Waals surface area contributed by atoms with Crippen LogP contribution in [0.4, 0.5) is 11.4 Å². The molecule has 1 aromatic heterocycles. The summed E-state index contributed by atoms with van der Waals surface area (Å²) in [4.78, 5) is 16.1. The van der Waals surface area contributed by atoms with E-state index in [9.17, 15) is 4.79 Å². The molecule has 0 bridgehead atoms. The van der Waals surface area contributed by atoms with Gasteiger partial charge in [0.1, 0.15) is 0 Å². The van der Waals surface area contributed by atoms with Gasteiger partial charge in [0, 0.05) is 34.9 Å². The number of hydrogen-bond acceptors (Lipinski definition) is 3. The Morgan fingerprint density at radius 1 is 0.955 bits per heavy atom. The van der Waals surface area contributed by atoms with E-state index in [1.807, 2.05) is 48.5 Å². The van der Waals surface area contributed by atoms with E-state index in [2.05, 4.69) is 10.3 Å². The van der Waals surface area contributed by atoms with Gasteiger partial charge in [-0.15, -0.1) is 0 Å². The quantitative estimate of drug-likeness (QED) is 0.724. The number of anilines is 2. The van der Waals surface area contributed by atoms with Crippen molar-refractivity contribution in [2.75, 3.05) is 11.1 Å². The Hall–Kier alpha value is -3.14. The molecule has 22 heavy (non-hydrogen) atoms. The first kappa shape index (κ1) is 13.8. The predicted molar refractivity (Wildman–Crippen MR) is 88.5 cm³/mol. The maximum atomic E-state index is 12.2. The van der Waals surface area contributed by atoms with E-state index in [0.29, 0.717) is 11.3 Å². The Balaban J connectivity index is 1.86. The Bertz CT molecular complexity index is 800. The van der Waals surface area contributed by atoms with Gasteiger partial charge in [-0.3, -0.25) is 9.78 Å². The summed E-state index contributed by atoms with van der Waals surface area (Å²) in [5.74, 6) is -0.166. The van der Waals surface area contributed by atoms with Crippen LogP contribution in [0.1, 0.15) is 10.4 Å². The van der Waals surface area contributed by atoms with Crippen LogP contribution in [-0.4, -0.2) is 10.9 Å². The highest BCUT2D eigenvalue weighted by Gasteiger charge is 2.07. The molecule has 0 aliphatic rings. The third kappa shape index (κ3) is 2.96. The average Bonchev–Trinajstić information content (AvgIpc) is 2.56. The molecule has 0 aliphatic carbocycles. The largest absolute Gasteiger partial charge is 0.398 e. The second-order valence-electron chi connectivity index (χ2n) is 4.86. The number of carbonyl (C=O) groups is 1. The number of pyridine rings is 1. The van der Waals surface area contributed by atoms with Crippen LogP contribution in [0.25, 0.3) is 11.1 Å². The first-order valence-corrected chi connectivity index (χ1v) is 6.90. The van der Waals surface area contributed by atoms with Gasteiger partial charge in [-0.1, -0.05) is 30.3 Å². The number of nitrogens with one attached hydrogen (secondary N) is 1. The van der Waals surface area contributed by atoms with Crippen molar-refractivity contribution >= 4 is 17.3 Å². The molecule has 0 unspecified atom stereocenters. The molecule has 4 heteroatoms. The second kappa shape index (κ2) is 6.10. The van der Waals surface area contributed by atoms with Crippen LogP contribution in [0.2, 0.25) is 0 Å². The van der Waals surface area contributed by atoms with Gasteiger partial charge in [-0.2, -0.15) is 0 Å². The molecule has 4 nitrogen and oxygen atoms in total. The third-order valence-corrected chi connectivity index (χ3v) is 3.33. The first-order chi connectivity index (χ1) is 10.7. The zero-order valence-corrected chi connectivity index (χ0v) is 11.9. The highest BCUT2D eigenvalue weighted by Crippen LogP contribution is 2.27. The van der Waals surface area contributed by atoms with Gasteiger partial charge in [0.05, 0.1) is 0 Å². The van der Waals surface area contributed by atoms with Crippen LogP contribution < -0.4 is 11.1 Å². The fraction of sp³-hybridized carbons (Fsp3) is 0. The van der Waals surface area contributed by atoms with Gasteiger partial charge < -0.3 is 11.1 Å². The molecule has 0 aliphatic heterocycles. The molecular formula is C18H15N3O. The molecule has 0 fully saturated rings. The summed E-state index contributed by atoms with van der Waals surface area (Å²) < 4.78 is 0. The minimum Gasteiger partial charge on any atom is -0.398 e. The molecule has 0 saturated carbocycles. The molecule has 0 radical (unpaired) electrons. The number of aromatic nitrogens is 1. The van der Waals surface area contributed by atoms with Crippen molar-refractivity contribution in [1.29, 1.82) is 0 Å². The molecule has 1 heterocycles. The Labute approximate surface area is 128 Å². The van der Waals surface area contributed by atoms with Gasteiger partial charge in [0.15, 0.2) is 0 Å². The summed E-state index contributed by atoms with van der Waals surface area (Å²) in [5, 5.41) is 2.88. The minimum absolute atomic E-state index is 0.166. The number of rotatable bonds is 3. The summed E-state index contributed by atoms with van der Waals surface area (Å²) in [6.07, 6.45) is 3.19. The lowest BCUT2D eigenvalue weighted by atomic mass is 10.0. The maximum absolute atomic E-state index is 12.2. The summed E-state index contributed by atoms with van der Waals surface area (Å²) in [6.45, 7) is 0. The molecule has 108 valence electrons. The van der Waals surface area contributed by atoms with Gasteiger partial charge in [-0.05, 0) is 35.9 Å². The Morgan fingerprint density at radius 3 is 2.50 bits per heavy atom. The number of nitrogen functional groups attached to an aromatic ring is 1. The molecule has 3 aromatic rings. The van der Waals surface area contributed by atoms with Crippen LogP contribution in [0.5, 0.6) is 0 Å². The number of para-hydroxylation sites is 1. The molecule has 3 N–H and O–H groups in total. The Kier molecular flexibility index (Phi) is 3.83. The first-order valence-electron chi connectivity index (χ1n) is 6.90. The maximum Gasteiger partial charge on any atom is 0.255 e. The van der Waals surface area contributed by atoms with Crippen LogP contribution in [0, 0.1) is 0 Å². The van der Waals surface area contributed by atoms with E-state index in [4.69, 9.17) is 5.73 Å². The fourth-order valence-electron chi connectivity index (χ4n) is 2.23. The van der Waals surface area contributed by atoms with Crippen molar-refractivity contribution < 1.29 is 4.79 Å². The molecule has 3 rings (SSSR count). The SMILES string of the molecule is Nc1ccccc1-c1cccc(NC(=O)c2ccncc2)c1. The highest BCUT2D eigenvalue weighted by molar-refractivity contribution is 6.04. The standard InChI is InChI=1S/C18H15N3O/c19-17-7-2-1-6-16(17)14-4-3-5-15(12-14)21-18(22)13-8-10-20-11-9-13/h1-12H,19H2,(H,21,22). The Morgan fingerprint density at radius 2 is 1.73 bits per heavy atom. The van der Waals surface area contributed by atoms with Gasteiger partial charge >= 0.3 is 0 Å². The predicted octanol–water partition coefficient (Wildman–Crippen LogP) is 3.58. The van der Waals surface area contributed by atoms with E-state index in [-0.39, 0.29) is 5.91 Å². The summed E-state index contributed by atoms with van der Waals surface area (Å²) in [7, 11) is 0. The van der Waals surface area contributed by atoms with Crippen LogP contribution in [-0.2, 0) is 0 Å². The molecule has 0 spiro atoms. The fourth-order valence-corrected chi connectivity index (χ4v) is 2.23. The number of benzene rings is 2. The zero-order valence-electron chi connectivity index (χ0n) is 11.9. The van der Waals surface area contributed by atoms with Crippen molar-refractivity contribution in [3.05, 3.63) is 78.6 Å². The van der Waals surface area contributed by atoms with E-state index < -0.39 is 0 Å². The number of amides is 1. The monoisotopic (exact) mass is 289 g/mol. The topological polar surface area (TPSA) is 68.0 Å². The molecular weight excluding hydrogens is 274 g/mol. The number of hydrogen-bond donors (Lipinski definition) is 2. The highest BCUT2D eigenvalue weighted by atomic mass is 16.1. The number of nitrogens with zero attached hydrogens (tertiary/aromatic N) is 1. The summed E-state index contributed by atoms with van der Waals surface area (Å²) in [5.41, 5.74) is 9.91.